The van der Waals surface area contributed by atoms with Crippen molar-refractivity contribution in [2.24, 2.45) is 0 Å². The molecule has 0 saturated heterocycles. The lowest BCUT2D eigenvalue weighted by atomic mass is 10.2. The van der Waals surface area contributed by atoms with Gasteiger partial charge in [-0.2, -0.15) is 0 Å². The number of nitrogens with one attached hydrogen (secondary N) is 2. The summed E-state index contributed by atoms with van der Waals surface area (Å²) >= 11 is 0. The van der Waals surface area contributed by atoms with Crippen LogP contribution >= 0.6 is 0 Å². The molecule has 0 saturated carbocycles. The Balaban J connectivity index is 1.76. The van der Waals surface area contributed by atoms with Crippen molar-refractivity contribution in [1.29, 1.82) is 0 Å². The zero-order valence-electron chi connectivity index (χ0n) is 13.5. The predicted octanol–water partition coefficient (Wildman–Crippen LogP) is 3.53. The molecule has 0 aromatic heterocycles. The van der Waals surface area contributed by atoms with Crippen LogP contribution in [0, 0.1) is 0 Å². The summed E-state index contributed by atoms with van der Waals surface area (Å²) in [5, 5.41) is 6.06. The second-order valence-electron chi connectivity index (χ2n) is 4.91. The average molecular weight is 314 g/mol. The second-order valence-corrected chi connectivity index (χ2v) is 4.91. The van der Waals surface area contributed by atoms with E-state index in [1.165, 1.54) is 0 Å². The maximum absolute atomic E-state index is 11.9. The van der Waals surface area contributed by atoms with Gasteiger partial charge >= 0.3 is 0 Å². The number of hydrogen-bond acceptors (Lipinski definition) is 4. The molecule has 2 aromatic rings. The number of carbonyl (C=O) groups excluding carboxylic acids is 1. The van der Waals surface area contributed by atoms with Crippen LogP contribution in [-0.2, 0) is 4.79 Å². The van der Waals surface area contributed by atoms with Crippen molar-refractivity contribution in [3.8, 4) is 11.5 Å². The highest BCUT2D eigenvalue weighted by molar-refractivity contribution is 5.91. The van der Waals surface area contributed by atoms with Crippen LogP contribution in [0.1, 0.15) is 13.3 Å². The van der Waals surface area contributed by atoms with Gasteiger partial charge in [-0.3, -0.25) is 4.79 Å². The van der Waals surface area contributed by atoms with Gasteiger partial charge in [0.05, 0.1) is 13.7 Å². The highest BCUT2D eigenvalue weighted by Crippen LogP contribution is 2.17. The molecule has 0 aliphatic carbocycles. The van der Waals surface area contributed by atoms with E-state index in [1.807, 2.05) is 55.5 Å². The van der Waals surface area contributed by atoms with Crippen molar-refractivity contribution < 1.29 is 14.3 Å². The van der Waals surface area contributed by atoms with Crippen LogP contribution in [0.4, 0.5) is 11.4 Å². The minimum atomic E-state index is -0.0374. The summed E-state index contributed by atoms with van der Waals surface area (Å²) < 4.78 is 10.5. The molecule has 122 valence electrons. The number of hydrogen-bond donors (Lipinski definition) is 2. The number of methoxy groups -OCH3 is 1. The van der Waals surface area contributed by atoms with Crippen LogP contribution in [0.3, 0.4) is 0 Å². The maximum Gasteiger partial charge on any atom is 0.226 e. The number of benzene rings is 2. The number of ether oxygens (including phenoxy) is 2. The second kappa shape index (κ2) is 8.68. The van der Waals surface area contributed by atoms with E-state index in [0.717, 1.165) is 22.9 Å². The Hall–Kier alpha value is -2.69. The van der Waals surface area contributed by atoms with Crippen LogP contribution in [-0.4, -0.2) is 26.2 Å². The smallest absolute Gasteiger partial charge is 0.226 e. The maximum atomic E-state index is 11.9. The van der Waals surface area contributed by atoms with Gasteiger partial charge in [-0.1, -0.05) is 6.07 Å². The van der Waals surface area contributed by atoms with E-state index in [9.17, 15) is 4.79 Å². The molecule has 2 N–H and O–H groups in total. The average Bonchev–Trinajstić information content (AvgIpc) is 2.57. The van der Waals surface area contributed by atoms with E-state index in [-0.39, 0.29) is 5.91 Å². The fourth-order valence-corrected chi connectivity index (χ4v) is 2.08. The number of rotatable bonds is 8. The Labute approximate surface area is 136 Å². The lowest BCUT2D eigenvalue weighted by Gasteiger charge is -2.09. The van der Waals surface area contributed by atoms with Gasteiger partial charge in [0.1, 0.15) is 11.5 Å². The Bertz CT molecular complexity index is 626. The number of carbonyl (C=O) groups is 1. The predicted molar refractivity (Wildman–Crippen MR) is 92.3 cm³/mol. The third-order valence-electron chi connectivity index (χ3n) is 3.20. The van der Waals surface area contributed by atoms with E-state index in [1.54, 1.807) is 7.11 Å². The summed E-state index contributed by atoms with van der Waals surface area (Å²) in [4.78, 5) is 11.9. The van der Waals surface area contributed by atoms with E-state index < -0.39 is 0 Å². The van der Waals surface area contributed by atoms with Gasteiger partial charge in [0, 0.05) is 30.4 Å². The normalized spacial score (nSPS) is 10.0. The molecule has 0 spiro atoms. The van der Waals surface area contributed by atoms with Gasteiger partial charge in [-0.05, 0) is 43.3 Å². The fourth-order valence-electron chi connectivity index (χ4n) is 2.08. The van der Waals surface area contributed by atoms with Crippen molar-refractivity contribution in [3.63, 3.8) is 0 Å². The van der Waals surface area contributed by atoms with E-state index in [4.69, 9.17) is 9.47 Å². The molecular formula is C18H22N2O3. The highest BCUT2D eigenvalue weighted by atomic mass is 16.5. The van der Waals surface area contributed by atoms with Crippen LogP contribution in [0.25, 0.3) is 0 Å². The van der Waals surface area contributed by atoms with E-state index in [0.29, 0.717) is 19.6 Å². The standard InChI is InChI=1S/C18H22N2O3/c1-3-23-16-9-7-14(8-10-16)20-18(21)11-12-19-15-5-4-6-17(13-15)22-2/h4-10,13,19H,3,11-12H2,1-2H3,(H,20,21). The first-order chi connectivity index (χ1) is 11.2. The quantitative estimate of drug-likeness (QED) is 0.782. The molecule has 0 aliphatic rings. The molecule has 0 radical (unpaired) electrons. The molecule has 2 rings (SSSR count). The Kier molecular flexibility index (Phi) is 6.29. The summed E-state index contributed by atoms with van der Waals surface area (Å²) in [5.41, 5.74) is 1.69. The number of amides is 1. The first-order valence-corrected chi connectivity index (χ1v) is 7.62. The molecule has 5 heteroatoms. The van der Waals surface area contributed by atoms with E-state index >= 15 is 0 Å². The van der Waals surface area contributed by atoms with Gasteiger partial charge in [0.2, 0.25) is 5.91 Å². The molecule has 0 atom stereocenters. The zero-order chi connectivity index (χ0) is 16.5. The topological polar surface area (TPSA) is 59.6 Å². The van der Waals surface area contributed by atoms with Gasteiger partial charge in [-0.15, -0.1) is 0 Å². The summed E-state index contributed by atoms with van der Waals surface area (Å²) in [7, 11) is 1.63. The highest BCUT2D eigenvalue weighted by Gasteiger charge is 2.03. The van der Waals surface area contributed by atoms with Crippen molar-refractivity contribution in [2.45, 2.75) is 13.3 Å². The molecule has 0 aliphatic heterocycles. The van der Waals surface area contributed by atoms with E-state index in [2.05, 4.69) is 10.6 Å². The third kappa shape index (κ3) is 5.54. The third-order valence-corrected chi connectivity index (χ3v) is 3.20. The van der Waals surface area contributed by atoms with Gasteiger partial charge in [0.25, 0.3) is 0 Å². The Morgan fingerprint density at radius 1 is 1.04 bits per heavy atom. The summed E-state index contributed by atoms with van der Waals surface area (Å²) in [6.45, 7) is 3.11. The van der Waals surface area contributed by atoms with Crippen molar-refractivity contribution in [3.05, 3.63) is 48.5 Å². The lowest BCUT2D eigenvalue weighted by molar-refractivity contribution is -0.115. The minimum Gasteiger partial charge on any atom is -0.497 e. The van der Waals surface area contributed by atoms with Gasteiger partial charge in [0.15, 0.2) is 0 Å². The summed E-state index contributed by atoms with van der Waals surface area (Å²) in [6.07, 6.45) is 0.379. The van der Waals surface area contributed by atoms with Crippen LogP contribution in [0.5, 0.6) is 11.5 Å². The monoisotopic (exact) mass is 314 g/mol. The molecule has 0 heterocycles. The summed E-state index contributed by atoms with van der Waals surface area (Å²) in [6, 6.07) is 15.0. The first-order valence-electron chi connectivity index (χ1n) is 7.62. The van der Waals surface area contributed by atoms with Gasteiger partial charge < -0.3 is 20.1 Å². The Morgan fingerprint density at radius 3 is 2.52 bits per heavy atom. The van der Waals surface area contributed by atoms with Crippen LogP contribution in [0.15, 0.2) is 48.5 Å². The molecular weight excluding hydrogens is 292 g/mol. The lowest BCUT2D eigenvalue weighted by Crippen LogP contribution is -2.16. The summed E-state index contributed by atoms with van der Waals surface area (Å²) in [5.74, 6) is 1.54. The fraction of sp³-hybridized carbons (Fsp3) is 0.278. The van der Waals surface area contributed by atoms with Crippen LogP contribution in [0.2, 0.25) is 0 Å². The molecule has 0 unspecified atom stereocenters. The number of anilines is 2. The van der Waals surface area contributed by atoms with Crippen molar-refractivity contribution in [2.75, 3.05) is 30.9 Å². The molecule has 0 bridgehead atoms. The SMILES string of the molecule is CCOc1ccc(NC(=O)CCNc2cccc(OC)c2)cc1. The first kappa shape index (κ1) is 16.7. The molecule has 2 aromatic carbocycles. The van der Waals surface area contributed by atoms with Crippen molar-refractivity contribution in [1.82, 2.24) is 0 Å². The van der Waals surface area contributed by atoms with Gasteiger partial charge in [-0.25, -0.2) is 0 Å². The molecule has 23 heavy (non-hydrogen) atoms. The molecule has 5 nitrogen and oxygen atoms in total. The Morgan fingerprint density at radius 2 is 1.83 bits per heavy atom. The molecule has 1 amide bonds. The van der Waals surface area contributed by atoms with Crippen molar-refractivity contribution >= 4 is 17.3 Å². The largest absolute Gasteiger partial charge is 0.497 e. The van der Waals surface area contributed by atoms with Crippen LogP contribution < -0.4 is 20.1 Å². The minimum absolute atomic E-state index is 0.0374. The zero-order valence-corrected chi connectivity index (χ0v) is 13.5. The molecule has 0 fully saturated rings.